The first kappa shape index (κ1) is 14.2. The van der Waals surface area contributed by atoms with Gasteiger partial charge in [-0.25, -0.2) is 0 Å². The van der Waals surface area contributed by atoms with Gasteiger partial charge in [0.15, 0.2) is 0 Å². The zero-order valence-corrected chi connectivity index (χ0v) is 12.7. The molecule has 0 spiro atoms. The van der Waals surface area contributed by atoms with Crippen molar-refractivity contribution >= 4 is 21.8 Å². The Bertz CT molecular complexity index is 410. The zero-order chi connectivity index (χ0) is 13.2. The van der Waals surface area contributed by atoms with Crippen molar-refractivity contribution < 1.29 is 4.79 Å². The van der Waals surface area contributed by atoms with Gasteiger partial charge < -0.3 is 4.90 Å². The fourth-order valence-electron chi connectivity index (χ4n) is 1.92. The van der Waals surface area contributed by atoms with Gasteiger partial charge in [0.25, 0.3) is 0 Å². The number of halogens is 1. The molecule has 1 rings (SSSR count). The number of hydrogen-bond acceptors (Lipinski definition) is 2. The first-order chi connectivity index (χ1) is 7.93. The Kier molecular flexibility index (Phi) is 4.74. The van der Waals surface area contributed by atoms with Crippen LogP contribution in [0.1, 0.15) is 38.2 Å². The maximum atomic E-state index is 12.2. The van der Waals surface area contributed by atoms with Crippen molar-refractivity contribution in [2.45, 2.75) is 40.7 Å². The molecule has 1 atom stereocenters. The molecule has 0 aliphatic heterocycles. The summed E-state index contributed by atoms with van der Waals surface area (Å²) in [5.74, 6) is 0.119. The summed E-state index contributed by atoms with van der Waals surface area (Å²) in [5, 5.41) is 4.40. The van der Waals surface area contributed by atoms with Gasteiger partial charge >= 0.3 is 0 Å². The van der Waals surface area contributed by atoms with E-state index in [9.17, 15) is 4.79 Å². The first-order valence-electron chi connectivity index (χ1n) is 5.93. The lowest BCUT2D eigenvalue weighted by Crippen LogP contribution is -2.36. The molecule has 1 heterocycles. The van der Waals surface area contributed by atoms with E-state index >= 15 is 0 Å². The molecule has 1 amide bonds. The Hall–Kier alpha value is -0.840. The Labute approximate surface area is 111 Å². The van der Waals surface area contributed by atoms with Gasteiger partial charge in [0.2, 0.25) is 5.91 Å². The van der Waals surface area contributed by atoms with Gasteiger partial charge in [-0.15, -0.1) is 0 Å². The highest BCUT2D eigenvalue weighted by atomic mass is 79.9. The van der Waals surface area contributed by atoms with Gasteiger partial charge in [-0.3, -0.25) is 9.48 Å². The summed E-state index contributed by atoms with van der Waals surface area (Å²) in [6, 6.07) is -0.250. The second kappa shape index (κ2) is 5.67. The van der Waals surface area contributed by atoms with Crippen molar-refractivity contribution in [3.63, 3.8) is 0 Å². The SMILES string of the molecule is CCN(CC)C(=O)C(C)n1nc(C)c(Br)c1C. The Morgan fingerprint density at radius 2 is 1.94 bits per heavy atom. The van der Waals surface area contributed by atoms with E-state index in [1.165, 1.54) is 0 Å². The summed E-state index contributed by atoms with van der Waals surface area (Å²) >= 11 is 3.48. The molecule has 1 unspecified atom stereocenters. The number of aryl methyl sites for hydroxylation is 1. The number of carbonyl (C=O) groups is 1. The first-order valence-corrected chi connectivity index (χ1v) is 6.73. The smallest absolute Gasteiger partial charge is 0.247 e. The molecule has 17 heavy (non-hydrogen) atoms. The Morgan fingerprint density at radius 3 is 2.29 bits per heavy atom. The van der Waals surface area contributed by atoms with Crippen LogP contribution in [0.2, 0.25) is 0 Å². The van der Waals surface area contributed by atoms with E-state index < -0.39 is 0 Å². The molecule has 5 heteroatoms. The highest BCUT2D eigenvalue weighted by Crippen LogP contribution is 2.23. The maximum absolute atomic E-state index is 12.2. The fourth-order valence-corrected chi connectivity index (χ4v) is 2.19. The van der Waals surface area contributed by atoms with Crippen molar-refractivity contribution in [2.24, 2.45) is 0 Å². The maximum Gasteiger partial charge on any atom is 0.247 e. The number of carbonyl (C=O) groups excluding carboxylic acids is 1. The van der Waals surface area contributed by atoms with Crippen LogP contribution in [-0.4, -0.2) is 33.7 Å². The summed E-state index contributed by atoms with van der Waals surface area (Å²) in [6.07, 6.45) is 0. The monoisotopic (exact) mass is 301 g/mol. The van der Waals surface area contributed by atoms with Gasteiger partial charge in [0.05, 0.1) is 15.9 Å². The molecule has 0 saturated carbocycles. The van der Waals surface area contributed by atoms with Crippen molar-refractivity contribution in [1.29, 1.82) is 0 Å². The van der Waals surface area contributed by atoms with Crippen LogP contribution in [0.15, 0.2) is 4.47 Å². The second-order valence-electron chi connectivity index (χ2n) is 4.12. The number of rotatable bonds is 4. The van der Waals surface area contributed by atoms with Gasteiger partial charge in [-0.1, -0.05) is 0 Å². The minimum absolute atomic E-state index is 0.119. The van der Waals surface area contributed by atoms with E-state index in [0.717, 1.165) is 29.0 Å². The van der Waals surface area contributed by atoms with Gasteiger partial charge in [0.1, 0.15) is 6.04 Å². The molecule has 0 aromatic carbocycles. The summed E-state index contributed by atoms with van der Waals surface area (Å²) < 4.78 is 2.77. The molecule has 0 radical (unpaired) electrons. The van der Waals surface area contributed by atoms with Crippen molar-refractivity contribution in [1.82, 2.24) is 14.7 Å². The molecular formula is C12H20BrN3O. The molecule has 1 aromatic rings. The van der Waals surface area contributed by atoms with Crippen LogP contribution < -0.4 is 0 Å². The van der Waals surface area contributed by atoms with Crippen molar-refractivity contribution in [3.8, 4) is 0 Å². The summed E-state index contributed by atoms with van der Waals surface area (Å²) in [6.45, 7) is 11.3. The van der Waals surface area contributed by atoms with Crippen LogP contribution >= 0.6 is 15.9 Å². The highest BCUT2D eigenvalue weighted by molar-refractivity contribution is 9.10. The lowest BCUT2D eigenvalue weighted by atomic mass is 10.2. The largest absolute Gasteiger partial charge is 0.341 e. The Balaban J connectivity index is 3.00. The molecule has 0 saturated heterocycles. The molecule has 4 nitrogen and oxygen atoms in total. The molecule has 1 aromatic heterocycles. The van der Waals surface area contributed by atoms with E-state index in [4.69, 9.17) is 0 Å². The molecule has 0 aliphatic carbocycles. The van der Waals surface area contributed by atoms with Crippen LogP contribution in [0.5, 0.6) is 0 Å². The quantitative estimate of drug-likeness (QED) is 0.857. The molecule has 0 bridgehead atoms. The average Bonchev–Trinajstić information content (AvgIpc) is 2.57. The summed E-state index contributed by atoms with van der Waals surface area (Å²) in [5.41, 5.74) is 1.91. The third kappa shape index (κ3) is 2.70. The molecular weight excluding hydrogens is 282 g/mol. The predicted molar refractivity (Wildman–Crippen MR) is 72.0 cm³/mol. The number of nitrogens with zero attached hydrogens (tertiary/aromatic N) is 3. The van der Waals surface area contributed by atoms with E-state index in [1.54, 1.807) is 4.68 Å². The van der Waals surface area contributed by atoms with Crippen LogP contribution in [-0.2, 0) is 4.79 Å². The minimum atomic E-state index is -0.250. The van der Waals surface area contributed by atoms with E-state index in [0.29, 0.717) is 0 Å². The second-order valence-corrected chi connectivity index (χ2v) is 4.91. The third-order valence-electron chi connectivity index (χ3n) is 3.04. The van der Waals surface area contributed by atoms with Gasteiger partial charge in [-0.05, 0) is 50.5 Å². The van der Waals surface area contributed by atoms with Crippen LogP contribution in [0, 0.1) is 13.8 Å². The number of likely N-dealkylation sites (N-methyl/N-ethyl adjacent to an activating group) is 1. The normalized spacial score (nSPS) is 12.6. The van der Waals surface area contributed by atoms with Crippen molar-refractivity contribution in [3.05, 3.63) is 15.9 Å². The number of aromatic nitrogens is 2. The van der Waals surface area contributed by atoms with Crippen LogP contribution in [0.4, 0.5) is 0 Å². The standard InChI is InChI=1S/C12H20BrN3O/c1-6-15(7-2)12(17)10(5)16-9(4)11(13)8(3)14-16/h10H,6-7H2,1-5H3. The minimum Gasteiger partial charge on any atom is -0.341 e. The highest BCUT2D eigenvalue weighted by Gasteiger charge is 2.23. The third-order valence-corrected chi connectivity index (χ3v) is 4.18. The molecule has 0 aliphatic rings. The molecule has 0 fully saturated rings. The van der Waals surface area contributed by atoms with Crippen LogP contribution in [0.25, 0.3) is 0 Å². The topological polar surface area (TPSA) is 38.1 Å². The van der Waals surface area contributed by atoms with Gasteiger partial charge in [0, 0.05) is 13.1 Å². The number of amides is 1. The lowest BCUT2D eigenvalue weighted by molar-refractivity contribution is -0.134. The van der Waals surface area contributed by atoms with Crippen LogP contribution in [0.3, 0.4) is 0 Å². The van der Waals surface area contributed by atoms with E-state index in [2.05, 4.69) is 21.0 Å². The summed E-state index contributed by atoms with van der Waals surface area (Å²) in [7, 11) is 0. The molecule has 0 N–H and O–H groups in total. The average molecular weight is 302 g/mol. The summed E-state index contributed by atoms with van der Waals surface area (Å²) in [4.78, 5) is 14.1. The zero-order valence-electron chi connectivity index (χ0n) is 11.1. The van der Waals surface area contributed by atoms with E-state index in [1.807, 2.05) is 39.5 Å². The van der Waals surface area contributed by atoms with E-state index in [-0.39, 0.29) is 11.9 Å². The number of hydrogen-bond donors (Lipinski definition) is 0. The molecule has 96 valence electrons. The Morgan fingerprint density at radius 1 is 1.41 bits per heavy atom. The lowest BCUT2D eigenvalue weighted by Gasteiger charge is -2.23. The fraction of sp³-hybridized carbons (Fsp3) is 0.667. The van der Waals surface area contributed by atoms with Crippen molar-refractivity contribution in [2.75, 3.05) is 13.1 Å². The van der Waals surface area contributed by atoms with Gasteiger partial charge in [-0.2, -0.15) is 5.10 Å². The predicted octanol–water partition coefficient (Wildman–Crippen LogP) is 2.69.